The van der Waals surface area contributed by atoms with E-state index in [4.69, 9.17) is 4.74 Å². The highest BCUT2D eigenvalue weighted by Crippen LogP contribution is 2.53. The second kappa shape index (κ2) is 9.32. The lowest BCUT2D eigenvalue weighted by Crippen LogP contribution is -2.66. The number of aliphatic imine (C=N–C) groups is 1. The number of likely N-dealkylation sites (tertiary alicyclic amines) is 1. The Hall–Kier alpha value is -0.830. The summed E-state index contributed by atoms with van der Waals surface area (Å²) in [4.78, 5) is 7.08. The van der Waals surface area contributed by atoms with Gasteiger partial charge >= 0.3 is 0 Å². The summed E-state index contributed by atoms with van der Waals surface area (Å²) in [7, 11) is 3.91. The van der Waals surface area contributed by atoms with Crippen molar-refractivity contribution in [1.82, 2.24) is 20.0 Å². The Morgan fingerprint density at radius 1 is 1.36 bits per heavy atom. The smallest absolute Gasteiger partial charge is 0.193 e. The Morgan fingerprint density at radius 2 is 2.14 bits per heavy atom. The van der Waals surface area contributed by atoms with Crippen LogP contribution >= 0.6 is 24.0 Å². The zero-order valence-corrected chi connectivity index (χ0v) is 19.9. The van der Waals surface area contributed by atoms with E-state index in [9.17, 15) is 0 Å². The molecule has 3 fully saturated rings. The highest BCUT2D eigenvalue weighted by atomic mass is 127. The van der Waals surface area contributed by atoms with Crippen molar-refractivity contribution in [3.8, 4) is 0 Å². The van der Waals surface area contributed by atoms with Gasteiger partial charge in [0.1, 0.15) is 0 Å². The number of hydrogen-bond donors (Lipinski definition) is 1. The average Bonchev–Trinajstić information content (AvgIpc) is 3.34. The van der Waals surface area contributed by atoms with Gasteiger partial charge in [-0.3, -0.25) is 9.67 Å². The van der Waals surface area contributed by atoms with Gasteiger partial charge in [-0.25, -0.2) is 0 Å². The number of aromatic nitrogens is 2. The molecular formula is C21H36IN5O. The third-order valence-electron chi connectivity index (χ3n) is 7.14. The predicted molar refractivity (Wildman–Crippen MR) is 123 cm³/mol. The summed E-state index contributed by atoms with van der Waals surface area (Å²) in [5, 5.41) is 8.19. The lowest BCUT2D eigenvalue weighted by atomic mass is 9.55. The monoisotopic (exact) mass is 501 g/mol. The van der Waals surface area contributed by atoms with Crippen LogP contribution in [0.3, 0.4) is 0 Å². The lowest BCUT2D eigenvalue weighted by Gasteiger charge is -2.58. The molecular weight excluding hydrogens is 465 g/mol. The molecule has 1 aliphatic heterocycles. The van der Waals surface area contributed by atoms with Gasteiger partial charge in [0.2, 0.25) is 0 Å². The fraction of sp³-hybridized carbons (Fsp3) is 0.810. The maximum Gasteiger partial charge on any atom is 0.193 e. The van der Waals surface area contributed by atoms with Crippen molar-refractivity contribution < 1.29 is 4.74 Å². The minimum Gasteiger partial charge on any atom is -0.378 e. The number of rotatable bonds is 4. The summed E-state index contributed by atoms with van der Waals surface area (Å²) < 4.78 is 8.02. The van der Waals surface area contributed by atoms with Crippen LogP contribution in [0.25, 0.3) is 0 Å². The van der Waals surface area contributed by atoms with Crippen LogP contribution in [0, 0.1) is 5.41 Å². The minimum atomic E-state index is 0. The normalized spacial score (nSPS) is 29.5. The molecule has 3 aliphatic rings. The SMILES string of the molecule is CCOC1CC(NC(=NC)N2CCC(c3cnn(C)c3)C2)C12CCCCC2.I. The highest BCUT2D eigenvalue weighted by molar-refractivity contribution is 14.0. The molecule has 0 aromatic carbocycles. The fourth-order valence-electron chi connectivity index (χ4n) is 5.59. The number of nitrogens with one attached hydrogen (secondary N) is 1. The van der Waals surface area contributed by atoms with Crippen molar-refractivity contribution in [3.63, 3.8) is 0 Å². The van der Waals surface area contributed by atoms with Crippen LogP contribution < -0.4 is 5.32 Å². The van der Waals surface area contributed by atoms with E-state index in [0.717, 1.165) is 32.1 Å². The first kappa shape index (κ1) is 21.9. The van der Waals surface area contributed by atoms with Crippen molar-refractivity contribution in [3.05, 3.63) is 18.0 Å². The molecule has 158 valence electrons. The Kier molecular flexibility index (Phi) is 7.28. The summed E-state index contributed by atoms with van der Waals surface area (Å²) in [5.74, 6) is 1.63. The van der Waals surface area contributed by atoms with Crippen molar-refractivity contribution >= 4 is 29.9 Å². The molecule has 3 unspecified atom stereocenters. The van der Waals surface area contributed by atoms with E-state index in [1.165, 1.54) is 44.1 Å². The second-order valence-corrected chi connectivity index (χ2v) is 8.60. The fourth-order valence-corrected chi connectivity index (χ4v) is 5.59. The van der Waals surface area contributed by atoms with E-state index in [1.807, 2.05) is 25.0 Å². The van der Waals surface area contributed by atoms with Gasteiger partial charge in [-0.1, -0.05) is 19.3 Å². The van der Waals surface area contributed by atoms with Crippen molar-refractivity contribution in [2.75, 3.05) is 26.7 Å². The lowest BCUT2D eigenvalue weighted by molar-refractivity contribution is -0.146. The molecule has 1 saturated heterocycles. The molecule has 2 saturated carbocycles. The number of nitrogens with zero attached hydrogens (tertiary/aromatic N) is 4. The summed E-state index contributed by atoms with van der Waals surface area (Å²) in [5.41, 5.74) is 1.67. The van der Waals surface area contributed by atoms with Crippen LogP contribution in [-0.4, -0.2) is 59.5 Å². The van der Waals surface area contributed by atoms with E-state index < -0.39 is 0 Å². The Morgan fingerprint density at radius 3 is 2.79 bits per heavy atom. The van der Waals surface area contributed by atoms with Crippen LogP contribution in [0.1, 0.15) is 63.4 Å². The van der Waals surface area contributed by atoms with E-state index in [2.05, 4.69) is 33.4 Å². The predicted octanol–water partition coefficient (Wildman–Crippen LogP) is 3.53. The third kappa shape index (κ3) is 4.06. The van der Waals surface area contributed by atoms with Crippen molar-refractivity contribution in [2.24, 2.45) is 17.5 Å². The van der Waals surface area contributed by atoms with Crippen LogP contribution in [-0.2, 0) is 11.8 Å². The number of aryl methyl sites for hydroxylation is 1. The Balaban J connectivity index is 0.00000225. The number of halogens is 1. The summed E-state index contributed by atoms with van der Waals surface area (Å²) in [6.07, 6.45) is 13.5. The largest absolute Gasteiger partial charge is 0.378 e. The first-order valence-electron chi connectivity index (χ1n) is 10.7. The number of hydrogen-bond acceptors (Lipinski definition) is 3. The molecule has 0 radical (unpaired) electrons. The van der Waals surface area contributed by atoms with Crippen LogP contribution in [0.4, 0.5) is 0 Å². The minimum absolute atomic E-state index is 0. The van der Waals surface area contributed by atoms with Gasteiger partial charge in [0.15, 0.2) is 5.96 Å². The van der Waals surface area contributed by atoms with Crippen LogP contribution in [0.2, 0.25) is 0 Å². The highest BCUT2D eigenvalue weighted by Gasteiger charge is 2.56. The first-order valence-corrected chi connectivity index (χ1v) is 10.7. The van der Waals surface area contributed by atoms with E-state index >= 15 is 0 Å². The van der Waals surface area contributed by atoms with Gasteiger partial charge in [0.05, 0.1) is 12.3 Å². The van der Waals surface area contributed by atoms with Crippen molar-refractivity contribution in [2.45, 2.75) is 69.9 Å². The molecule has 0 bridgehead atoms. The maximum absolute atomic E-state index is 6.12. The molecule has 2 aliphatic carbocycles. The Bertz CT molecular complexity index is 670. The molecule has 0 amide bonds. The van der Waals surface area contributed by atoms with Gasteiger partial charge in [-0.15, -0.1) is 24.0 Å². The molecule has 4 rings (SSSR count). The molecule has 28 heavy (non-hydrogen) atoms. The topological polar surface area (TPSA) is 54.7 Å². The van der Waals surface area contributed by atoms with Gasteiger partial charge in [-0.05, 0) is 38.2 Å². The van der Waals surface area contributed by atoms with Crippen molar-refractivity contribution in [1.29, 1.82) is 0 Å². The van der Waals surface area contributed by atoms with Gasteiger partial charge in [0, 0.05) is 57.4 Å². The number of ether oxygens (including phenoxy) is 1. The average molecular weight is 501 g/mol. The van der Waals surface area contributed by atoms with E-state index in [0.29, 0.717) is 23.5 Å². The van der Waals surface area contributed by atoms with E-state index in [1.54, 1.807) is 0 Å². The molecule has 6 nitrogen and oxygen atoms in total. The zero-order valence-electron chi connectivity index (χ0n) is 17.6. The molecule has 7 heteroatoms. The molecule has 1 N–H and O–H groups in total. The van der Waals surface area contributed by atoms with Crippen LogP contribution in [0.5, 0.6) is 0 Å². The molecule has 1 spiro atoms. The summed E-state index contributed by atoms with van der Waals surface area (Å²) >= 11 is 0. The standard InChI is InChI=1S/C21H35N5O.HI/c1-4-27-19-12-18(21(19)9-6-5-7-10-21)24-20(22-2)26-11-8-16(15-26)17-13-23-25(3)14-17;/h13-14,16,18-19H,4-12,15H2,1-3H3,(H,22,24);1H. The van der Waals surface area contributed by atoms with Gasteiger partial charge in [-0.2, -0.15) is 5.10 Å². The second-order valence-electron chi connectivity index (χ2n) is 8.60. The Labute approximate surface area is 186 Å². The molecule has 2 heterocycles. The van der Waals surface area contributed by atoms with Gasteiger partial charge in [0.25, 0.3) is 0 Å². The third-order valence-corrected chi connectivity index (χ3v) is 7.14. The zero-order chi connectivity index (χ0) is 18.9. The summed E-state index contributed by atoms with van der Waals surface area (Å²) in [6, 6.07) is 0.505. The quantitative estimate of drug-likeness (QED) is 0.390. The molecule has 3 atom stereocenters. The molecule has 1 aromatic rings. The van der Waals surface area contributed by atoms with Gasteiger partial charge < -0.3 is 15.0 Å². The maximum atomic E-state index is 6.12. The van der Waals surface area contributed by atoms with Crippen LogP contribution in [0.15, 0.2) is 17.4 Å². The van der Waals surface area contributed by atoms with E-state index in [-0.39, 0.29) is 24.0 Å². The first-order chi connectivity index (χ1) is 13.2. The molecule has 1 aromatic heterocycles. The number of guanidine groups is 1. The summed E-state index contributed by atoms with van der Waals surface area (Å²) in [6.45, 7) is 5.04.